The van der Waals surface area contributed by atoms with Crippen molar-refractivity contribution >= 4 is 10.9 Å². The first-order valence-electron chi connectivity index (χ1n) is 12.7. The van der Waals surface area contributed by atoms with Gasteiger partial charge in [0.1, 0.15) is 18.2 Å². The summed E-state index contributed by atoms with van der Waals surface area (Å²) >= 11 is 0. The van der Waals surface area contributed by atoms with Gasteiger partial charge in [-0.3, -0.25) is 4.79 Å². The Morgan fingerprint density at radius 2 is 2.06 bits per heavy atom. The maximum Gasteiger partial charge on any atom is 0.258 e. The third-order valence-electron chi connectivity index (χ3n) is 8.03. The highest BCUT2D eigenvalue weighted by Gasteiger charge is 2.46. The summed E-state index contributed by atoms with van der Waals surface area (Å²) in [4.78, 5) is 18.8. The van der Waals surface area contributed by atoms with E-state index in [0.717, 1.165) is 40.5 Å². The smallest absolute Gasteiger partial charge is 0.258 e. The highest BCUT2D eigenvalue weighted by molar-refractivity contribution is 5.92. The summed E-state index contributed by atoms with van der Waals surface area (Å²) in [6, 6.07) is 3.32. The molecule has 0 spiro atoms. The Labute approximate surface area is 209 Å². The number of aryl methyl sites for hydroxylation is 1. The molecule has 2 atom stereocenters. The van der Waals surface area contributed by atoms with Crippen molar-refractivity contribution < 1.29 is 13.9 Å². The third kappa shape index (κ3) is 3.02. The zero-order valence-electron chi connectivity index (χ0n) is 21.5. The molecule has 0 saturated heterocycles. The van der Waals surface area contributed by atoms with Gasteiger partial charge in [-0.15, -0.1) is 0 Å². The van der Waals surface area contributed by atoms with E-state index >= 15 is 0 Å². The molecule has 3 aromatic rings. The van der Waals surface area contributed by atoms with Crippen LogP contribution in [0, 0.1) is 12.7 Å². The molecule has 6 rings (SSSR count). The van der Waals surface area contributed by atoms with E-state index in [1.165, 1.54) is 6.07 Å². The van der Waals surface area contributed by atoms with Gasteiger partial charge in [0.2, 0.25) is 0 Å². The van der Waals surface area contributed by atoms with Crippen LogP contribution in [0.2, 0.25) is 0 Å². The monoisotopic (exact) mass is 489 g/mol. The number of ether oxygens (including phenoxy) is 2. The number of halogens is 1. The molecule has 2 aliphatic heterocycles. The molecule has 1 aromatic carbocycles. The van der Waals surface area contributed by atoms with E-state index in [1.54, 1.807) is 4.57 Å². The minimum atomic E-state index is -0.957. The zero-order chi connectivity index (χ0) is 25.7. The summed E-state index contributed by atoms with van der Waals surface area (Å²) < 4.78 is 29.1. The zero-order valence-corrected chi connectivity index (χ0v) is 21.5. The fourth-order valence-corrected chi connectivity index (χ4v) is 6.40. The van der Waals surface area contributed by atoms with Gasteiger partial charge in [0.15, 0.2) is 5.60 Å². The molecule has 0 bridgehead atoms. The van der Waals surface area contributed by atoms with Crippen LogP contribution in [-0.2, 0) is 34.6 Å². The number of pyridine rings is 2. The Hall–Kier alpha value is -3.03. The number of nitrogens with zero attached hydrogens (tertiary/aromatic N) is 2. The molecule has 2 N–H and O–H groups in total. The van der Waals surface area contributed by atoms with Crippen molar-refractivity contribution in [1.82, 2.24) is 9.55 Å². The highest BCUT2D eigenvalue weighted by Crippen LogP contribution is 2.48. The number of rotatable bonds is 2. The number of benzene rings is 1. The minimum absolute atomic E-state index is 0.119. The van der Waals surface area contributed by atoms with Crippen molar-refractivity contribution in [2.75, 3.05) is 0 Å². The lowest BCUT2D eigenvalue weighted by molar-refractivity contribution is -0.149. The summed E-state index contributed by atoms with van der Waals surface area (Å²) in [6.07, 6.45) is 2.01. The molecule has 36 heavy (non-hydrogen) atoms. The van der Waals surface area contributed by atoms with Gasteiger partial charge in [-0.1, -0.05) is 13.5 Å². The van der Waals surface area contributed by atoms with Gasteiger partial charge < -0.3 is 19.8 Å². The summed E-state index contributed by atoms with van der Waals surface area (Å²) in [5.41, 5.74) is 12.0. The van der Waals surface area contributed by atoms with E-state index < -0.39 is 11.2 Å². The maximum absolute atomic E-state index is 14.9. The first kappa shape index (κ1) is 23.4. The van der Waals surface area contributed by atoms with Crippen molar-refractivity contribution in [3.8, 4) is 11.4 Å². The molecule has 1 aliphatic carbocycles. The summed E-state index contributed by atoms with van der Waals surface area (Å²) in [5, 5.41) is 0.952. The average molecular weight is 490 g/mol. The Balaban J connectivity index is 1.66. The summed E-state index contributed by atoms with van der Waals surface area (Å²) in [6.45, 7) is 14.5. The predicted octanol–water partition coefficient (Wildman–Crippen LogP) is 5.28. The molecule has 3 aliphatic rings. The first-order valence-corrected chi connectivity index (χ1v) is 12.7. The van der Waals surface area contributed by atoms with Crippen molar-refractivity contribution in [1.29, 1.82) is 0 Å². The molecule has 2 aromatic heterocycles. The molecular weight excluding hydrogens is 457 g/mol. The largest absolute Gasteiger partial charge is 0.490 e. The standard InChI is InChI=1S/C29H32FN3O3/c1-7-29(36-28(4,5)6)15(3)35-13-18-19(29)10-23-26-17(12-33(23)27(18)34)24-21(31)9-8-16-14(2)20(30)11-22(32-26)25(16)24/h10-11,21H,3,7-9,12-13,31H2,1-2,4-6H3/t21-,29-/m1/s1. The van der Waals surface area contributed by atoms with Gasteiger partial charge in [-0.2, -0.15) is 0 Å². The fraction of sp³-hybridized carbons (Fsp3) is 0.448. The van der Waals surface area contributed by atoms with E-state index in [-0.39, 0.29) is 24.0 Å². The van der Waals surface area contributed by atoms with Crippen LogP contribution in [0.5, 0.6) is 0 Å². The van der Waals surface area contributed by atoms with Crippen LogP contribution in [-0.4, -0.2) is 15.2 Å². The van der Waals surface area contributed by atoms with E-state index in [1.807, 2.05) is 40.7 Å². The Kier molecular flexibility index (Phi) is 4.87. The summed E-state index contributed by atoms with van der Waals surface area (Å²) in [5.74, 6) is 0.241. The molecule has 0 unspecified atom stereocenters. The topological polar surface area (TPSA) is 79.4 Å². The number of fused-ring (bicyclic) bond motifs is 5. The van der Waals surface area contributed by atoms with E-state index in [2.05, 4.69) is 6.58 Å². The third-order valence-corrected chi connectivity index (χ3v) is 8.03. The van der Waals surface area contributed by atoms with Crippen LogP contribution in [0.15, 0.2) is 29.3 Å². The average Bonchev–Trinajstić information content (AvgIpc) is 3.18. The van der Waals surface area contributed by atoms with Gasteiger partial charge >= 0.3 is 0 Å². The van der Waals surface area contributed by atoms with Crippen molar-refractivity contribution in [2.24, 2.45) is 5.73 Å². The maximum atomic E-state index is 14.9. The lowest BCUT2D eigenvalue weighted by Crippen LogP contribution is -2.44. The van der Waals surface area contributed by atoms with E-state index in [9.17, 15) is 9.18 Å². The number of nitrogens with two attached hydrogens (primary N) is 1. The second kappa shape index (κ2) is 7.49. The predicted molar refractivity (Wildman–Crippen MR) is 137 cm³/mol. The van der Waals surface area contributed by atoms with Crippen molar-refractivity contribution in [2.45, 2.75) is 84.3 Å². The lowest BCUT2D eigenvalue weighted by Gasteiger charge is -2.43. The second-order valence-corrected chi connectivity index (χ2v) is 11.3. The van der Waals surface area contributed by atoms with Crippen LogP contribution in [0.4, 0.5) is 4.39 Å². The molecule has 4 heterocycles. The molecule has 6 nitrogen and oxygen atoms in total. The molecular formula is C29H32FN3O3. The number of aromatic nitrogens is 2. The molecule has 0 radical (unpaired) electrons. The van der Waals surface area contributed by atoms with Gasteiger partial charge in [-0.25, -0.2) is 9.37 Å². The molecule has 0 fully saturated rings. The Bertz CT molecular complexity index is 1550. The quantitative estimate of drug-likeness (QED) is 0.414. The normalized spacial score (nSPS) is 22.3. The number of hydrogen-bond acceptors (Lipinski definition) is 5. The van der Waals surface area contributed by atoms with Crippen molar-refractivity contribution in [3.05, 3.63) is 74.0 Å². The van der Waals surface area contributed by atoms with Gasteiger partial charge in [-0.05, 0) is 69.7 Å². The highest BCUT2D eigenvalue weighted by atomic mass is 19.1. The lowest BCUT2D eigenvalue weighted by atomic mass is 9.82. The number of hydrogen-bond donors (Lipinski definition) is 1. The van der Waals surface area contributed by atoms with Crippen molar-refractivity contribution in [3.63, 3.8) is 0 Å². The Morgan fingerprint density at radius 3 is 2.75 bits per heavy atom. The van der Waals surface area contributed by atoms with E-state index in [0.29, 0.717) is 46.8 Å². The van der Waals surface area contributed by atoms with Gasteiger partial charge in [0.25, 0.3) is 5.56 Å². The van der Waals surface area contributed by atoms with Crippen LogP contribution in [0.3, 0.4) is 0 Å². The molecule has 188 valence electrons. The fourth-order valence-electron chi connectivity index (χ4n) is 6.40. The van der Waals surface area contributed by atoms with Gasteiger partial charge in [0, 0.05) is 28.6 Å². The van der Waals surface area contributed by atoms with Crippen LogP contribution >= 0.6 is 0 Å². The second-order valence-electron chi connectivity index (χ2n) is 11.3. The first-order chi connectivity index (χ1) is 17.0. The summed E-state index contributed by atoms with van der Waals surface area (Å²) in [7, 11) is 0. The molecule has 0 amide bonds. The minimum Gasteiger partial charge on any atom is -0.490 e. The molecule has 7 heteroatoms. The van der Waals surface area contributed by atoms with Crippen LogP contribution < -0.4 is 11.3 Å². The molecule has 0 saturated carbocycles. The SMILES string of the molecule is C=C1OCc2c(cc3n(c2=O)Cc2c-3nc3cc(F)c(C)c4c3c2[C@H](N)CC4)[C@]1(CC)OC(C)(C)C. The van der Waals surface area contributed by atoms with Gasteiger partial charge in [0.05, 0.1) is 34.6 Å². The van der Waals surface area contributed by atoms with Crippen LogP contribution in [0.1, 0.15) is 80.0 Å². The van der Waals surface area contributed by atoms with Crippen LogP contribution in [0.25, 0.3) is 22.3 Å². The Morgan fingerprint density at radius 1 is 1.31 bits per heavy atom. The van der Waals surface area contributed by atoms with E-state index in [4.69, 9.17) is 20.2 Å².